The van der Waals surface area contributed by atoms with E-state index in [4.69, 9.17) is 0 Å². The molecule has 5 rings (SSSR count). The number of nitrogens with zero attached hydrogens (tertiary/aromatic N) is 4. The Balaban J connectivity index is 1.57. The third-order valence-corrected chi connectivity index (χ3v) is 7.10. The molecule has 3 aromatic carbocycles. The van der Waals surface area contributed by atoms with Crippen LogP contribution in [0.1, 0.15) is 50.6 Å². The van der Waals surface area contributed by atoms with E-state index in [-0.39, 0.29) is 24.1 Å². The van der Waals surface area contributed by atoms with Crippen LogP contribution in [0, 0.1) is 5.82 Å². The van der Waals surface area contributed by atoms with E-state index < -0.39 is 23.7 Å². The van der Waals surface area contributed by atoms with Gasteiger partial charge in [-0.2, -0.15) is 0 Å². The summed E-state index contributed by atoms with van der Waals surface area (Å²) < 4.78 is 16.8. The SMILES string of the molecule is CC(=O)Nc1ccc(N(C(=O)Cn2nnc3ccccc32)[C@@H](C(=O)NC2CCCCC2)c2ccccc2F)cc1. The number of rotatable bonds is 8. The van der Waals surface area contributed by atoms with Crippen molar-refractivity contribution in [2.24, 2.45) is 0 Å². The van der Waals surface area contributed by atoms with E-state index in [0.717, 1.165) is 32.1 Å². The number of aromatic nitrogens is 3. The zero-order chi connectivity index (χ0) is 28.1. The summed E-state index contributed by atoms with van der Waals surface area (Å²) in [5.74, 6) is -1.77. The van der Waals surface area contributed by atoms with Crippen molar-refractivity contribution in [3.05, 3.63) is 84.2 Å². The van der Waals surface area contributed by atoms with Crippen LogP contribution >= 0.6 is 0 Å². The molecule has 1 heterocycles. The van der Waals surface area contributed by atoms with Crippen molar-refractivity contribution in [3.63, 3.8) is 0 Å². The maximum absolute atomic E-state index is 15.3. The van der Waals surface area contributed by atoms with Crippen LogP contribution in [0.4, 0.5) is 15.8 Å². The van der Waals surface area contributed by atoms with Crippen LogP contribution in [0.2, 0.25) is 0 Å². The van der Waals surface area contributed by atoms with Crippen LogP contribution in [-0.4, -0.2) is 38.8 Å². The van der Waals surface area contributed by atoms with E-state index in [0.29, 0.717) is 22.4 Å². The molecule has 206 valence electrons. The largest absolute Gasteiger partial charge is 0.351 e. The standard InChI is InChI=1S/C30H31FN6O3/c1-20(38)32-22-15-17-23(18-16-22)37(28(39)19-36-27-14-8-7-13-26(27)34-35-36)29(24-11-5-6-12-25(24)31)30(40)33-21-9-3-2-4-10-21/h5-8,11-18,21,29H,2-4,9-10,19H2,1H3,(H,32,38)(H,33,40)/t29-/m1/s1. The number of carbonyl (C=O) groups is 3. The lowest BCUT2D eigenvalue weighted by atomic mass is 9.94. The molecule has 0 bridgehead atoms. The molecule has 4 aromatic rings. The van der Waals surface area contributed by atoms with Gasteiger partial charge in [0.1, 0.15) is 23.9 Å². The van der Waals surface area contributed by atoms with Crippen molar-refractivity contribution >= 4 is 40.1 Å². The highest BCUT2D eigenvalue weighted by Crippen LogP contribution is 2.32. The molecule has 0 spiro atoms. The summed E-state index contributed by atoms with van der Waals surface area (Å²) in [5, 5.41) is 14.1. The van der Waals surface area contributed by atoms with Gasteiger partial charge in [0.05, 0.1) is 5.52 Å². The molecule has 0 radical (unpaired) electrons. The Morgan fingerprint density at radius 2 is 1.68 bits per heavy atom. The van der Waals surface area contributed by atoms with Crippen molar-refractivity contribution in [3.8, 4) is 0 Å². The monoisotopic (exact) mass is 542 g/mol. The maximum Gasteiger partial charge on any atom is 0.249 e. The Labute approximate surface area is 231 Å². The Hall–Kier alpha value is -4.60. The predicted molar refractivity (Wildman–Crippen MR) is 150 cm³/mol. The number of carbonyl (C=O) groups excluding carboxylic acids is 3. The van der Waals surface area contributed by atoms with E-state index >= 15 is 4.39 Å². The minimum absolute atomic E-state index is 0.0473. The molecule has 2 N–H and O–H groups in total. The summed E-state index contributed by atoms with van der Waals surface area (Å²) in [6, 6.07) is 18.5. The summed E-state index contributed by atoms with van der Waals surface area (Å²) in [6.07, 6.45) is 4.78. The molecule has 1 aliphatic rings. The first-order chi connectivity index (χ1) is 19.4. The first-order valence-electron chi connectivity index (χ1n) is 13.4. The van der Waals surface area contributed by atoms with Crippen LogP contribution in [0.25, 0.3) is 11.0 Å². The zero-order valence-corrected chi connectivity index (χ0v) is 22.2. The molecule has 1 aliphatic carbocycles. The molecule has 1 aromatic heterocycles. The van der Waals surface area contributed by atoms with Crippen LogP contribution in [-0.2, 0) is 20.9 Å². The van der Waals surface area contributed by atoms with E-state index in [1.165, 1.54) is 28.6 Å². The topological polar surface area (TPSA) is 109 Å². The number of nitrogens with one attached hydrogen (secondary N) is 2. The van der Waals surface area contributed by atoms with Crippen LogP contribution in [0.3, 0.4) is 0 Å². The quantitative estimate of drug-likeness (QED) is 0.334. The van der Waals surface area contributed by atoms with Gasteiger partial charge in [-0.1, -0.05) is 54.8 Å². The molecule has 3 amide bonds. The van der Waals surface area contributed by atoms with Gasteiger partial charge >= 0.3 is 0 Å². The molecular formula is C30H31FN6O3. The smallest absolute Gasteiger partial charge is 0.249 e. The van der Waals surface area contributed by atoms with Gasteiger partial charge in [0, 0.05) is 29.9 Å². The lowest BCUT2D eigenvalue weighted by Crippen LogP contribution is -2.48. The fraction of sp³-hybridized carbons (Fsp3) is 0.300. The molecule has 1 saturated carbocycles. The van der Waals surface area contributed by atoms with Crippen molar-refractivity contribution in [2.45, 2.75) is 57.7 Å². The fourth-order valence-corrected chi connectivity index (χ4v) is 5.21. The van der Waals surface area contributed by atoms with Gasteiger partial charge in [-0.25, -0.2) is 9.07 Å². The van der Waals surface area contributed by atoms with Gasteiger partial charge in [-0.15, -0.1) is 5.10 Å². The van der Waals surface area contributed by atoms with Crippen molar-refractivity contribution < 1.29 is 18.8 Å². The van der Waals surface area contributed by atoms with E-state index in [1.807, 2.05) is 12.1 Å². The summed E-state index contributed by atoms with van der Waals surface area (Å²) in [6.45, 7) is 1.17. The average molecular weight is 543 g/mol. The molecule has 1 fully saturated rings. The van der Waals surface area contributed by atoms with Crippen molar-refractivity contribution in [2.75, 3.05) is 10.2 Å². The number of benzene rings is 3. The van der Waals surface area contributed by atoms with Crippen molar-refractivity contribution in [1.82, 2.24) is 20.3 Å². The summed E-state index contributed by atoms with van der Waals surface area (Å²) >= 11 is 0. The van der Waals surface area contributed by atoms with Gasteiger partial charge in [-0.3, -0.25) is 19.3 Å². The minimum atomic E-state index is -1.28. The third kappa shape index (κ3) is 6.01. The second kappa shape index (κ2) is 12.1. The second-order valence-electron chi connectivity index (χ2n) is 10.00. The molecule has 10 heteroatoms. The van der Waals surface area contributed by atoms with Crippen molar-refractivity contribution in [1.29, 1.82) is 0 Å². The Morgan fingerprint density at radius 3 is 2.40 bits per heavy atom. The minimum Gasteiger partial charge on any atom is -0.351 e. The first-order valence-corrected chi connectivity index (χ1v) is 13.4. The third-order valence-electron chi connectivity index (χ3n) is 7.10. The van der Waals surface area contributed by atoms with Gasteiger partial charge in [0.15, 0.2) is 0 Å². The summed E-state index contributed by atoms with van der Waals surface area (Å²) in [7, 11) is 0. The fourth-order valence-electron chi connectivity index (χ4n) is 5.21. The van der Waals surface area contributed by atoms with Crippen LogP contribution in [0.5, 0.6) is 0 Å². The summed E-state index contributed by atoms with van der Waals surface area (Å²) in [4.78, 5) is 40.9. The molecule has 0 saturated heterocycles. The predicted octanol–water partition coefficient (Wildman–Crippen LogP) is 4.75. The second-order valence-corrected chi connectivity index (χ2v) is 10.00. The van der Waals surface area contributed by atoms with Gasteiger partial charge in [-0.05, 0) is 55.3 Å². The Bertz CT molecular complexity index is 1510. The van der Waals surface area contributed by atoms with Gasteiger partial charge in [0.2, 0.25) is 17.7 Å². The Kier molecular flexibility index (Phi) is 8.14. The number of anilines is 2. The molecule has 0 unspecified atom stereocenters. The highest BCUT2D eigenvalue weighted by Gasteiger charge is 2.36. The number of amides is 3. The number of fused-ring (bicyclic) bond motifs is 1. The molecule has 1 atom stereocenters. The highest BCUT2D eigenvalue weighted by molar-refractivity contribution is 6.02. The summed E-state index contributed by atoms with van der Waals surface area (Å²) in [5.41, 5.74) is 2.27. The van der Waals surface area contributed by atoms with Crippen LogP contribution in [0.15, 0.2) is 72.8 Å². The van der Waals surface area contributed by atoms with E-state index in [2.05, 4.69) is 20.9 Å². The number of para-hydroxylation sites is 1. The molecular weight excluding hydrogens is 511 g/mol. The Morgan fingerprint density at radius 1 is 0.975 bits per heavy atom. The molecule has 0 aliphatic heterocycles. The lowest BCUT2D eigenvalue weighted by molar-refractivity contribution is -0.127. The maximum atomic E-state index is 15.3. The van der Waals surface area contributed by atoms with Gasteiger partial charge in [0.25, 0.3) is 0 Å². The van der Waals surface area contributed by atoms with E-state index in [9.17, 15) is 14.4 Å². The number of halogens is 1. The number of hydrogen-bond donors (Lipinski definition) is 2. The normalized spacial score (nSPS) is 14.4. The molecule has 40 heavy (non-hydrogen) atoms. The first kappa shape index (κ1) is 27.0. The number of hydrogen-bond acceptors (Lipinski definition) is 5. The van der Waals surface area contributed by atoms with E-state index in [1.54, 1.807) is 48.5 Å². The zero-order valence-electron chi connectivity index (χ0n) is 22.2. The average Bonchev–Trinajstić information content (AvgIpc) is 3.35. The lowest BCUT2D eigenvalue weighted by Gasteiger charge is -2.33. The highest BCUT2D eigenvalue weighted by atomic mass is 19.1. The van der Waals surface area contributed by atoms with Crippen LogP contribution < -0.4 is 15.5 Å². The molecule has 9 nitrogen and oxygen atoms in total. The van der Waals surface area contributed by atoms with Gasteiger partial charge < -0.3 is 10.6 Å².